The number of rotatable bonds is 20. The molecule has 0 unspecified atom stereocenters. The zero-order valence-electron chi connectivity index (χ0n) is 22.6. The topological polar surface area (TPSA) is 143 Å². The second-order valence-electron chi connectivity index (χ2n) is 9.42. The molecule has 0 aromatic carbocycles. The van der Waals surface area contributed by atoms with Crippen molar-refractivity contribution in [3.8, 4) is 0 Å². The Morgan fingerprint density at radius 1 is 0.921 bits per heavy atom. The number of hydrogen-bond acceptors (Lipinski definition) is 9. The minimum atomic E-state index is -4.26. The molecule has 214 valence electrons. The standard InChI is InChI=1S/C26H41N2O9P/c1-4-6-8-10-12-21(29)17-34-38(33,35-18-22(30)13-11-9-7-5-2)36-19-23-14-15-24(37-23)28-16-20(3)25(31)27-26(28)32/h14-16,23-24H,4-13,17-19H2,1-3H3,(H,27,31,32)/t23-,24+/m0/s1. The van der Waals surface area contributed by atoms with Gasteiger partial charge in [-0.3, -0.25) is 37.5 Å². The molecule has 2 heterocycles. The van der Waals surface area contributed by atoms with Gasteiger partial charge in [-0.25, -0.2) is 9.36 Å². The second-order valence-corrected chi connectivity index (χ2v) is 11.1. The van der Waals surface area contributed by atoms with Crippen LogP contribution in [0.5, 0.6) is 0 Å². The van der Waals surface area contributed by atoms with Crippen molar-refractivity contribution in [3.05, 3.63) is 44.8 Å². The highest BCUT2D eigenvalue weighted by Gasteiger charge is 2.32. The Morgan fingerprint density at radius 3 is 2.05 bits per heavy atom. The summed E-state index contributed by atoms with van der Waals surface area (Å²) in [4.78, 5) is 50.4. The van der Waals surface area contributed by atoms with Crippen molar-refractivity contribution in [2.24, 2.45) is 0 Å². The molecule has 1 aliphatic rings. The van der Waals surface area contributed by atoms with Crippen molar-refractivity contribution in [1.82, 2.24) is 9.55 Å². The first-order valence-electron chi connectivity index (χ1n) is 13.4. The van der Waals surface area contributed by atoms with Gasteiger partial charge in [0.15, 0.2) is 17.8 Å². The molecule has 2 rings (SSSR count). The number of aromatic nitrogens is 2. The van der Waals surface area contributed by atoms with E-state index in [-0.39, 0.29) is 18.2 Å². The molecule has 0 radical (unpaired) electrons. The minimum Gasteiger partial charge on any atom is -0.344 e. The molecule has 38 heavy (non-hydrogen) atoms. The summed E-state index contributed by atoms with van der Waals surface area (Å²) in [7, 11) is -4.26. The van der Waals surface area contributed by atoms with E-state index in [2.05, 4.69) is 18.8 Å². The fraction of sp³-hybridized carbons (Fsp3) is 0.692. The highest BCUT2D eigenvalue weighted by molar-refractivity contribution is 7.48. The normalized spacial score (nSPS) is 17.2. The summed E-state index contributed by atoms with van der Waals surface area (Å²) in [6.07, 6.45) is 11.1. The largest absolute Gasteiger partial charge is 0.475 e. The average Bonchev–Trinajstić information content (AvgIpc) is 3.37. The van der Waals surface area contributed by atoms with E-state index in [1.54, 1.807) is 19.1 Å². The lowest BCUT2D eigenvalue weighted by molar-refractivity contribution is -0.122. The Hall–Kier alpha value is -2.17. The number of carbonyl (C=O) groups is 2. The van der Waals surface area contributed by atoms with Crippen LogP contribution in [0.4, 0.5) is 0 Å². The molecule has 1 aromatic rings. The van der Waals surface area contributed by atoms with Gasteiger partial charge >= 0.3 is 13.5 Å². The third kappa shape index (κ3) is 11.3. The summed E-state index contributed by atoms with van der Waals surface area (Å²) in [5, 5.41) is 0. The van der Waals surface area contributed by atoms with Gasteiger partial charge in [-0.05, 0) is 25.8 Å². The number of ketones is 2. The predicted octanol–water partition coefficient (Wildman–Crippen LogP) is 4.54. The fourth-order valence-corrected chi connectivity index (χ4v) is 4.90. The van der Waals surface area contributed by atoms with Crippen LogP contribution in [0.15, 0.2) is 27.9 Å². The van der Waals surface area contributed by atoms with Crippen LogP contribution in [-0.4, -0.2) is 47.0 Å². The molecule has 0 fully saturated rings. The van der Waals surface area contributed by atoms with Gasteiger partial charge in [0.2, 0.25) is 0 Å². The number of phosphoric acid groups is 1. The van der Waals surface area contributed by atoms with Gasteiger partial charge < -0.3 is 4.74 Å². The number of Topliss-reactive ketones (excluding diaryl/α,β-unsaturated/α-hetero) is 2. The predicted molar refractivity (Wildman–Crippen MR) is 142 cm³/mol. The first-order valence-corrected chi connectivity index (χ1v) is 14.9. The summed E-state index contributed by atoms with van der Waals surface area (Å²) in [6.45, 7) is 4.54. The van der Waals surface area contributed by atoms with E-state index in [9.17, 15) is 23.7 Å². The van der Waals surface area contributed by atoms with E-state index in [1.807, 2.05) is 0 Å². The Bertz CT molecular complexity index is 1060. The van der Waals surface area contributed by atoms with Gasteiger partial charge in [-0.15, -0.1) is 0 Å². The Morgan fingerprint density at radius 2 is 1.50 bits per heavy atom. The molecule has 0 amide bonds. The smallest absolute Gasteiger partial charge is 0.344 e. The number of carbonyl (C=O) groups excluding carboxylic acids is 2. The van der Waals surface area contributed by atoms with E-state index in [4.69, 9.17) is 18.3 Å². The van der Waals surface area contributed by atoms with E-state index < -0.39 is 44.6 Å². The van der Waals surface area contributed by atoms with Crippen molar-refractivity contribution >= 4 is 19.4 Å². The summed E-state index contributed by atoms with van der Waals surface area (Å²) in [6, 6.07) is 0. The highest BCUT2D eigenvalue weighted by atomic mass is 31.2. The van der Waals surface area contributed by atoms with Crippen LogP contribution in [0.3, 0.4) is 0 Å². The number of nitrogens with one attached hydrogen (secondary N) is 1. The van der Waals surface area contributed by atoms with E-state index >= 15 is 0 Å². The summed E-state index contributed by atoms with van der Waals surface area (Å²) in [5.74, 6) is -0.464. The van der Waals surface area contributed by atoms with E-state index in [0.29, 0.717) is 31.2 Å². The monoisotopic (exact) mass is 556 g/mol. The van der Waals surface area contributed by atoms with Crippen molar-refractivity contribution in [3.63, 3.8) is 0 Å². The third-order valence-corrected chi connectivity index (χ3v) is 7.36. The van der Waals surface area contributed by atoms with Gasteiger partial charge in [0, 0.05) is 24.6 Å². The lowest BCUT2D eigenvalue weighted by Crippen LogP contribution is -2.33. The fourth-order valence-electron chi connectivity index (χ4n) is 3.74. The van der Waals surface area contributed by atoms with Crippen LogP contribution in [0, 0.1) is 6.92 Å². The number of unbranched alkanes of at least 4 members (excludes halogenated alkanes) is 6. The Balaban J connectivity index is 1.94. The minimum absolute atomic E-state index is 0.232. The van der Waals surface area contributed by atoms with E-state index in [0.717, 1.165) is 38.5 Å². The average molecular weight is 557 g/mol. The van der Waals surface area contributed by atoms with Gasteiger partial charge in [-0.1, -0.05) is 58.4 Å². The molecule has 2 atom stereocenters. The number of H-pyrrole nitrogens is 1. The van der Waals surface area contributed by atoms with Gasteiger partial charge in [0.05, 0.1) is 6.61 Å². The molecule has 1 N–H and O–H groups in total. The van der Waals surface area contributed by atoms with Crippen LogP contribution in [0.25, 0.3) is 0 Å². The Kier molecular flexibility index (Phi) is 14.1. The maximum atomic E-state index is 13.3. The van der Waals surface area contributed by atoms with Crippen LogP contribution in [0.2, 0.25) is 0 Å². The van der Waals surface area contributed by atoms with Crippen LogP contribution in [-0.2, 0) is 32.5 Å². The SMILES string of the molecule is CCCCCCC(=O)COP(=O)(OCC(=O)CCCCCC)OC[C@@H]1C=C[C@H](n2cc(C)c(=O)[nH]c2=O)O1. The molecule has 0 saturated carbocycles. The molecule has 1 aliphatic heterocycles. The van der Waals surface area contributed by atoms with Gasteiger partial charge in [0.25, 0.3) is 5.56 Å². The van der Waals surface area contributed by atoms with Crippen LogP contribution in [0.1, 0.15) is 89.8 Å². The lowest BCUT2D eigenvalue weighted by atomic mass is 10.1. The van der Waals surface area contributed by atoms with Crippen molar-refractivity contribution in [2.75, 3.05) is 19.8 Å². The molecule has 12 heteroatoms. The highest BCUT2D eigenvalue weighted by Crippen LogP contribution is 2.50. The van der Waals surface area contributed by atoms with Gasteiger partial charge in [0.1, 0.15) is 19.3 Å². The van der Waals surface area contributed by atoms with Crippen molar-refractivity contribution in [1.29, 1.82) is 0 Å². The van der Waals surface area contributed by atoms with Crippen molar-refractivity contribution < 1.29 is 32.5 Å². The molecule has 0 saturated heterocycles. The van der Waals surface area contributed by atoms with E-state index in [1.165, 1.54) is 10.8 Å². The number of hydrogen-bond donors (Lipinski definition) is 1. The number of aromatic amines is 1. The first kappa shape index (κ1) is 32.0. The van der Waals surface area contributed by atoms with Crippen LogP contribution < -0.4 is 11.2 Å². The number of aryl methyl sites for hydroxylation is 1. The molecular weight excluding hydrogens is 515 g/mol. The number of phosphoric ester groups is 1. The maximum Gasteiger partial charge on any atom is 0.475 e. The zero-order valence-corrected chi connectivity index (χ0v) is 23.5. The second kappa shape index (κ2) is 16.7. The molecular formula is C26H41N2O9P. The lowest BCUT2D eigenvalue weighted by Gasteiger charge is -2.20. The first-order chi connectivity index (χ1) is 18.2. The number of ether oxygens (including phenoxy) is 1. The molecule has 0 aliphatic carbocycles. The van der Waals surface area contributed by atoms with Gasteiger partial charge in [-0.2, -0.15) is 0 Å². The Labute approximate surface area is 223 Å². The van der Waals surface area contributed by atoms with Crippen molar-refractivity contribution in [2.45, 2.75) is 97.3 Å². The molecule has 1 aromatic heterocycles. The maximum absolute atomic E-state index is 13.3. The quantitative estimate of drug-likeness (QED) is 0.139. The summed E-state index contributed by atoms with van der Waals surface area (Å²) >= 11 is 0. The third-order valence-electron chi connectivity index (χ3n) is 6.01. The number of nitrogens with zero attached hydrogens (tertiary/aromatic N) is 1. The molecule has 0 spiro atoms. The zero-order chi connectivity index (χ0) is 28.0. The molecule has 0 bridgehead atoms. The summed E-state index contributed by atoms with van der Waals surface area (Å²) in [5.41, 5.74) is -0.779. The summed E-state index contributed by atoms with van der Waals surface area (Å²) < 4.78 is 36.3. The molecule has 11 nitrogen and oxygen atoms in total. The van der Waals surface area contributed by atoms with Crippen LogP contribution >= 0.6 is 7.82 Å².